The molecule has 26 heavy (non-hydrogen) atoms. The number of hydrogen-bond donors (Lipinski definition) is 1. The van der Waals surface area contributed by atoms with Crippen molar-refractivity contribution in [2.24, 2.45) is 17.3 Å². The van der Waals surface area contributed by atoms with Crippen LogP contribution in [0.1, 0.15) is 46.5 Å². The van der Waals surface area contributed by atoms with Crippen LogP contribution in [0.3, 0.4) is 0 Å². The van der Waals surface area contributed by atoms with Crippen molar-refractivity contribution in [2.45, 2.75) is 52.6 Å². The number of likely N-dealkylation sites (tertiary alicyclic amines) is 1. The summed E-state index contributed by atoms with van der Waals surface area (Å²) in [7, 11) is 4.09. The highest BCUT2D eigenvalue weighted by molar-refractivity contribution is 5.82. The Balaban J connectivity index is 1.69. The van der Waals surface area contributed by atoms with Gasteiger partial charge in [0.1, 0.15) is 6.10 Å². The molecule has 150 valence electrons. The minimum absolute atomic E-state index is 0.0110. The van der Waals surface area contributed by atoms with Crippen LogP contribution < -0.4 is 5.32 Å². The Hall–Kier alpha value is -1.14. The van der Waals surface area contributed by atoms with E-state index in [0.717, 1.165) is 19.4 Å². The molecule has 1 atom stereocenters. The predicted molar refractivity (Wildman–Crippen MR) is 103 cm³/mol. The zero-order valence-electron chi connectivity index (χ0n) is 17.2. The third-order valence-electron chi connectivity index (χ3n) is 5.29. The minimum atomic E-state index is -0.368. The molecular formula is C20H37N3O3. The molecule has 1 heterocycles. The summed E-state index contributed by atoms with van der Waals surface area (Å²) in [6.07, 6.45) is 3.56. The lowest BCUT2D eigenvalue weighted by Gasteiger charge is -2.34. The largest absolute Gasteiger partial charge is 0.368 e. The Morgan fingerprint density at radius 1 is 1.19 bits per heavy atom. The average molecular weight is 368 g/mol. The van der Waals surface area contributed by atoms with E-state index in [1.165, 1.54) is 12.8 Å². The topological polar surface area (TPSA) is 61.9 Å². The molecule has 1 aliphatic carbocycles. The maximum Gasteiger partial charge on any atom is 0.251 e. The van der Waals surface area contributed by atoms with E-state index >= 15 is 0 Å². The lowest BCUT2D eigenvalue weighted by Crippen LogP contribution is -2.48. The standard InChI is InChI=1S/C20H37N3O3/c1-15(26-12-16-6-7-16)19(25)23-10-8-17(9-11-23)18(24)21-13-20(2,3)14-22(4)5/h15-17H,6-14H2,1-5H3,(H,21,24). The van der Waals surface area contributed by atoms with Crippen molar-refractivity contribution in [2.75, 3.05) is 46.9 Å². The van der Waals surface area contributed by atoms with Gasteiger partial charge in [-0.25, -0.2) is 0 Å². The highest BCUT2D eigenvalue weighted by Crippen LogP contribution is 2.29. The fourth-order valence-corrected chi connectivity index (χ4v) is 3.64. The second-order valence-electron chi connectivity index (χ2n) is 9.14. The second-order valence-corrected chi connectivity index (χ2v) is 9.14. The van der Waals surface area contributed by atoms with Crippen molar-refractivity contribution < 1.29 is 14.3 Å². The van der Waals surface area contributed by atoms with Crippen LogP contribution in [0.15, 0.2) is 0 Å². The monoisotopic (exact) mass is 367 g/mol. The molecular weight excluding hydrogens is 330 g/mol. The lowest BCUT2D eigenvalue weighted by molar-refractivity contribution is -0.145. The van der Waals surface area contributed by atoms with Gasteiger partial charge in [0, 0.05) is 32.1 Å². The molecule has 0 bridgehead atoms. The first-order valence-corrected chi connectivity index (χ1v) is 10.0. The molecule has 1 unspecified atom stereocenters. The summed E-state index contributed by atoms with van der Waals surface area (Å²) in [5, 5.41) is 3.11. The number of carbonyl (C=O) groups excluding carboxylic acids is 2. The van der Waals surface area contributed by atoms with Crippen LogP contribution in [0.5, 0.6) is 0 Å². The first kappa shape index (κ1) is 21.2. The van der Waals surface area contributed by atoms with Gasteiger partial charge in [-0.2, -0.15) is 0 Å². The van der Waals surface area contributed by atoms with Crippen LogP contribution >= 0.6 is 0 Å². The minimum Gasteiger partial charge on any atom is -0.368 e. The highest BCUT2D eigenvalue weighted by atomic mass is 16.5. The first-order chi connectivity index (χ1) is 12.2. The van der Waals surface area contributed by atoms with Gasteiger partial charge in [-0.3, -0.25) is 9.59 Å². The number of carbonyl (C=O) groups is 2. The zero-order chi connectivity index (χ0) is 19.3. The van der Waals surface area contributed by atoms with Gasteiger partial charge >= 0.3 is 0 Å². The molecule has 2 amide bonds. The normalized spacial score (nSPS) is 20.3. The summed E-state index contributed by atoms with van der Waals surface area (Å²) in [4.78, 5) is 28.9. The van der Waals surface area contributed by atoms with E-state index in [0.29, 0.717) is 32.2 Å². The highest BCUT2D eigenvalue weighted by Gasteiger charge is 2.31. The Bertz CT molecular complexity index is 481. The van der Waals surface area contributed by atoms with E-state index in [-0.39, 0.29) is 29.3 Å². The SMILES string of the molecule is CC(OCC1CC1)C(=O)N1CCC(C(=O)NCC(C)(C)CN(C)C)CC1. The van der Waals surface area contributed by atoms with Crippen LogP contribution in [0.4, 0.5) is 0 Å². The maximum absolute atomic E-state index is 12.5. The van der Waals surface area contributed by atoms with Gasteiger partial charge in [-0.1, -0.05) is 13.8 Å². The van der Waals surface area contributed by atoms with Crippen molar-refractivity contribution >= 4 is 11.8 Å². The Labute approximate surface area is 158 Å². The molecule has 1 aliphatic heterocycles. The molecule has 6 nitrogen and oxygen atoms in total. The Morgan fingerprint density at radius 2 is 1.81 bits per heavy atom. The van der Waals surface area contributed by atoms with E-state index < -0.39 is 0 Å². The number of rotatable bonds is 9. The Kier molecular flexibility index (Phi) is 7.47. The first-order valence-electron chi connectivity index (χ1n) is 10.0. The van der Waals surface area contributed by atoms with Crippen molar-refractivity contribution in [1.29, 1.82) is 0 Å². The van der Waals surface area contributed by atoms with E-state index in [1.807, 2.05) is 25.9 Å². The molecule has 1 saturated heterocycles. The molecule has 1 N–H and O–H groups in total. The van der Waals surface area contributed by atoms with Gasteiger partial charge in [-0.05, 0) is 58.0 Å². The van der Waals surface area contributed by atoms with Crippen molar-refractivity contribution in [1.82, 2.24) is 15.1 Å². The Morgan fingerprint density at radius 3 is 2.35 bits per heavy atom. The lowest BCUT2D eigenvalue weighted by atomic mass is 9.91. The van der Waals surface area contributed by atoms with Gasteiger partial charge in [-0.15, -0.1) is 0 Å². The summed E-state index contributed by atoms with van der Waals surface area (Å²) in [6, 6.07) is 0. The number of piperidine rings is 1. The third kappa shape index (κ3) is 6.88. The van der Waals surface area contributed by atoms with Crippen molar-refractivity contribution in [3.05, 3.63) is 0 Å². The molecule has 2 aliphatic rings. The third-order valence-corrected chi connectivity index (χ3v) is 5.29. The number of hydrogen-bond acceptors (Lipinski definition) is 4. The molecule has 6 heteroatoms. The van der Waals surface area contributed by atoms with E-state index in [1.54, 1.807) is 0 Å². The van der Waals surface area contributed by atoms with Gasteiger partial charge < -0.3 is 19.9 Å². The quantitative estimate of drug-likeness (QED) is 0.674. The van der Waals surface area contributed by atoms with Crippen LogP contribution in [0.25, 0.3) is 0 Å². The fourth-order valence-electron chi connectivity index (χ4n) is 3.64. The average Bonchev–Trinajstić information content (AvgIpc) is 3.40. The van der Waals surface area contributed by atoms with Crippen LogP contribution in [0.2, 0.25) is 0 Å². The molecule has 2 fully saturated rings. The second kappa shape index (κ2) is 9.18. The van der Waals surface area contributed by atoms with Crippen LogP contribution in [0, 0.1) is 17.3 Å². The van der Waals surface area contributed by atoms with Crippen LogP contribution in [-0.2, 0) is 14.3 Å². The molecule has 2 rings (SSSR count). The summed E-state index contributed by atoms with van der Waals surface area (Å²) in [6.45, 7) is 9.78. The van der Waals surface area contributed by atoms with Crippen molar-refractivity contribution in [3.8, 4) is 0 Å². The van der Waals surface area contributed by atoms with Gasteiger partial charge in [0.05, 0.1) is 6.61 Å². The van der Waals surface area contributed by atoms with Gasteiger partial charge in [0.25, 0.3) is 5.91 Å². The van der Waals surface area contributed by atoms with Gasteiger partial charge in [0.15, 0.2) is 0 Å². The van der Waals surface area contributed by atoms with Crippen molar-refractivity contribution in [3.63, 3.8) is 0 Å². The summed E-state index contributed by atoms with van der Waals surface area (Å²) >= 11 is 0. The molecule has 0 spiro atoms. The molecule has 0 aromatic carbocycles. The number of nitrogens with zero attached hydrogens (tertiary/aromatic N) is 2. The van der Waals surface area contributed by atoms with E-state index in [9.17, 15) is 9.59 Å². The zero-order valence-corrected chi connectivity index (χ0v) is 17.2. The summed E-state index contributed by atoms with van der Waals surface area (Å²) in [5.74, 6) is 0.868. The number of ether oxygens (including phenoxy) is 1. The summed E-state index contributed by atoms with van der Waals surface area (Å²) < 4.78 is 5.69. The van der Waals surface area contributed by atoms with E-state index in [4.69, 9.17) is 4.74 Å². The number of amides is 2. The summed E-state index contributed by atoms with van der Waals surface area (Å²) in [5.41, 5.74) is 0.0458. The molecule has 1 saturated carbocycles. The fraction of sp³-hybridized carbons (Fsp3) is 0.900. The molecule has 0 aromatic rings. The van der Waals surface area contributed by atoms with Crippen LogP contribution in [-0.4, -0.2) is 74.6 Å². The van der Waals surface area contributed by atoms with E-state index in [2.05, 4.69) is 24.1 Å². The predicted octanol–water partition coefficient (Wildman–Crippen LogP) is 1.74. The molecule has 0 radical (unpaired) electrons. The maximum atomic E-state index is 12.5. The molecule has 0 aromatic heterocycles. The number of nitrogens with one attached hydrogen (secondary N) is 1. The van der Waals surface area contributed by atoms with Gasteiger partial charge in [0.2, 0.25) is 5.91 Å². The smallest absolute Gasteiger partial charge is 0.251 e.